The lowest BCUT2D eigenvalue weighted by Gasteiger charge is -2.11. The Balaban J connectivity index is 1.81. The zero-order valence-electron chi connectivity index (χ0n) is 16.7. The summed E-state index contributed by atoms with van der Waals surface area (Å²) in [7, 11) is 0. The van der Waals surface area contributed by atoms with Gasteiger partial charge in [-0.1, -0.05) is 24.3 Å². The number of nitrogens with zero attached hydrogens (tertiary/aromatic N) is 3. The predicted octanol–water partition coefficient (Wildman–Crippen LogP) is 1.84. The van der Waals surface area contributed by atoms with E-state index in [0.29, 0.717) is 25.2 Å². The molecule has 0 aliphatic rings. The summed E-state index contributed by atoms with van der Waals surface area (Å²) in [5.74, 6) is -0.137. The summed E-state index contributed by atoms with van der Waals surface area (Å²) in [4.78, 5) is 25.7. The highest BCUT2D eigenvalue weighted by atomic mass is 16.3. The molecular formula is C22H26N6O2. The van der Waals surface area contributed by atoms with Gasteiger partial charge in [0.25, 0.3) is 0 Å². The van der Waals surface area contributed by atoms with Crippen LogP contribution in [0.25, 0.3) is 11.3 Å². The SMILES string of the molecule is NCCc1ccc(-c2cnc(N)c(C(=O)Cc3cnccc3NCCCO)n2)cc1. The highest BCUT2D eigenvalue weighted by Gasteiger charge is 2.17. The molecule has 0 bridgehead atoms. The normalized spacial score (nSPS) is 10.7. The first-order valence-corrected chi connectivity index (χ1v) is 9.85. The number of carbonyl (C=O) groups is 1. The minimum atomic E-state index is -0.236. The molecule has 30 heavy (non-hydrogen) atoms. The Kier molecular flexibility index (Phi) is 7.42. The van der Waals surface area contributed by atoms with Crippen molar-refractivity contribution in [2.75, 3.05) is 30.7 Å². The van der Waals surface area contributed by atoms with Gasteiger partial charge in [-0.2, -0.15) is 0 Å². The molecule has 8 heteroatoms. The molecule has 0 spiro atoms. The average molecular weight is 406 g/mol. The van der Waals surface area contributed by atoms with Crippen molar-refractivity contribution in [3.63, 3.8) is 0 Å². The number of carbonyl (C=O) groups excluding carboxylic acids is 1. The first-order chi connectivity index (χ1) is 14.6. The van der Waals surface area contributed by atoms with Crippen LogP contribution in [0.5, 0.6) is 0 Å². The number of aliphatic hydroxyl groups is 1. The van der Waals surface area contributed by atoms with Crippen LogP contribution < -0.4 is 16.8 Å². The summed E-state index contributed by atoms with van der Waals surface area (Å²) in [5.41, 5.74) is 15.8. The fraction of sp³-hybridized carbons (Fsp3) is 0.273. The maximum atomic E-state index is 12.9. The van der Waals surface area contributed by atoms with Gasteiger partial charge in [0.2, 0.25) is 0 Å². The minimum absolute atomic E-state index is 0.0903. The average Bonchev–Trinajstić information content (AvgIpc) is 2.76. The largest absolute Gasteiger partial charge is 0.396 e. The third-order valence-electron chi connectivity index (χ3n) is 4.65. The Morgan fingerprint density at radius 1 is 1.13 bits per heavy atom. The Hall–Kier alpha value is -3.36. The summed E-state index contributed by atoms with van der Waals surface area (Å²) >= 11 is 0. The Bertz CT molecular complexity index is 991. The molecule has 0 saturated carbocycles. The zero-order valence-corrected chi connectivity index (χ0v) is 16.7. The van der Waals surface area contributed by atoms with Crippen LogP contribution in [0.15, 0.2) is 48.9 Å². The van der Waals surface area contributed by atoms with Crippen LogP contribution in [0.1, 0.15) is 28.0 Å². The van der Waals surface area contributed by atoms with E-state index in [2.05, 4.69) is 20.3 Å². The predicted molar refractivity (Wildman–Crippen MR) is 117 cm³/mol. The first-order valence-electron chi connectivity index (χ1n) is 9.85. The molecule has 0 aliphatic heterocycles. The number of benzene rings is 1. The van der Waals surface area contributed by atoms with Crippen LogP contribution in [0, 0.1) is 0 Å². The van der Waals surface area contributed by atoms with Gasteiger partial charge < -0.3 is 21.9 Å². The Labute approximate surface area is 175 Å². The number of aromatic nitrogens is 3. The summed E-state index contributed by atoms with van der Waals surface area (Å²) in [6.07, 6.45) is 6.36. The number of hydrogen-bond acceptors (Lipinski definition) is 8. The van der Waals surface area contributed by atoms with E-state index in [0.717, 1.165) is 28.8 Å². The van der Waals surface area contributed by atoms with E-state index in [1.165, 1.54) is 0 Å². The highest BCUT2D eigenvalue weighted by molar-refractivity contribution is 6.00. The maximum absolute atomic E-state index is 12.9. The minimum Gasteiger partial charge on any atom is -0.396 e. The van der Waals surface area contributed by atoms with Crippen LogP contribution in [0.2, 0.25) is 0 Å². The maximum Gasteiger partial charge on any atom is 0.189 e. The molecule has 156 valence electrons. The van der Waals surface area contributed by atoms with Crippen molar-refractivity contribution in [2.24, 2.45) is 5.73 Å². The number of aliphatic hydroxyl groups excluding tert-OH is 1. The second-order valence-corrected chi connectivity index (χ2v) is 6.86. The van der Waals surface area contributed by atoms with Crippen LogP contribution in [-0.2, 0) is 12.8 Å². The summed E-state index contributed by atoms with van der Waals surface area (Å²) < 4.78 is 0. The van der Waals surface area contributed by atoms with E-state index >= 15 is 0 Å². The van der Waals surface area contributed by atoms with Crippen molar-refractivity contribution < 1.29 is 9.90 Å². The molecule has 1 aromatic carbocycles. The molecule has 0 radical (unpaired) electrons. The van der Waals surface area contributed by atoms with Crippen molar-refractivity contribution in [3.8, 4) is 11.3 Å². The Morgan fingerprint density at radius 2 is 1.93 bits per heavy atom. The number of nitrogens with one attached hydrogen (secondary N) is 1. The first kappa shape index (κ1) is 21.4. The second kappa shape index (κ2) is 10.4. The molecular weight excluding hydrogens is 380 g/mol. The van der Waals surface area contributed by atoms with Gasteiger partial charge in [0.1, 0.15) is 5.69 Å². The molecule has 3 aromatic rings. The molecule has 2 heterocycles. The number of hydrogen-bond donors (Lipinski definition) is 4. The van der Waals surface area contributed by atoms with Gasteiger partial charge in [0, 0.05) is 48.8 Å². The van der Waals surface area contributed by atoms with E-state index in [-0.39, 0.29) is 30.3 Å². The van der Waals surface area contributed by atoms with E-state index < -0.39 is 0 Å². The molecule has 0 aliphatic carbocycles. The van der Waals surface area contributed by atoms with E-state index in [1.54, 1.807) is 24.7 Å². The smallest absolute Gasteiger partial charge is 0.189 e. The van der Waals surface area contributed by atoms with Crippen molar-refractivity contribution >= 4 is 17.3 Å². The molecule has 0 fully saturated rings. The highest BCUT2D eigenvalue weighted by Crippen LogP contribution is 2.22. The number of anilines is 2. The molecule has 3 rings (SSSR count). The van der Waals surface area contributed by atoms with E-state index in [9.17, 15) is 4.79 Å². The molecule has 0 amide bonds. The van der Waals surface area contributed by atoms with Gasteiger partial charge in [-0.15, -0.1) is 0 Å². The number of ketones is 1. The van der Waals surface area contributed by atoms with Crippen LogP contribution >= 0.6 is 0 Å². The summed E-state index contributed by atoms with van der Waals surface area (Å²) in [5, 5.41) is 12.2. The van der Waals surface area contributed by atoms with Crippen molar-refractivity contribution in [2.45, 2.75) is 19.3 Å². The third kappa shape index (κ3) is 5.37. The molecule has 2 aromatic heterocycles. The Morgan fingerprint density at radius 3 is 2.67 bits per heavy atom. The van der Waals surface area contributed by atoms with Gasteiger partial charge in [-0.05, 0) is 31.0 Å². The third-order valence-corrected chi connectivity index (χ3v) is 4.65. The van der Waals surface area contributed by atoms with Crippen molar-refractivity contribution in [1.29, 1.82) is 0 Å². The standard InChI is InChI=1S/C22H26N6O2/c23-8-6-15-2-4-16(5-3-15)19-14-27-22(24)21(28-19)20(30)12-17-13-25-10-7-18(17)26-9-1-11-29/h2-5,7,10,13-14,29H,1,6,8-9,11-12,23H2,(H2,24,27)(H,25,26). The molecule has 8 nitrogen and oxygen atoms in total. The fourth-order valence-corrected chi connectivity index (χ4v) is 3.05. The lowest BCUT2D eigenvalue weighted by Crippen LogP contribution is -2.14. The van der Waals surface area contributed by atoms with Crippen LogP contribution in [-0.4, -0.2) is 45.5 Å². The number of pyridine rings is 1. The van der Waals surface area contributed by atoms with Gasteiger partial charge >= 0.3 is 0 Å². The number of rotatable bonds is 10. The second-order valence-electron chi connectivity index (χ2n) is 6.86. The molecule has 6 N–H and O–H groups in total. The van der Waals surface area contributed by atoms with Crippen molar-refractivity contribution in [3.05, 3.63) is 65.7 Å². The molecule has 0 unspecified atom stereocenters. The zero-order chi connectivity index (χ0) is 21.3. The summed E-state index contributed by atoms with van der Waals surface area (Å²) in [6.45, 7) is 1.28. The molecule has 0 atom stereocenters. The fourth-order valence-electron chi connectivity index (χ4n) is 3.05. The van der Waals surface area contributed by atoms with Gasteiger partial charge in [0.05, 0.1) is 11.9 Å². The topological polar surface area (TPSA) is 140 Å². The monoisotopic (exact) mass is 406 g/mol. The van der Waals surface area contributed by atoms with E-state index in [1.807, 2.05) is 24.3 Å². The van der Waals surface area contributed by atoms with Crippen LogP contribution in [0.4, 0.5) is 11.5 Å². The van der Waals surface area contributed by atoms with Crippen LogP contribution in [0.3, 0.4) is 0 Å². The van der Waals surface area contributed by atoms with Gasteiger partial charge in [-0.25, -0.2) is 9.97 Å². The quantitative estimate of drug-likeness (QED) is 0.295. The number of nitrogens with two attached hydrogens (primary N) is 2. The number of nitrogen functional groups attached to an aromatic ring is 1. The van der Waals surface area contributed by atoms with Crippen molar-refractivity contribution in [1.82, 2.24) is 15.0 Å². The van der Waals surface area contributed by atoms with E-state index in [4.69, 9.17) is 16.6 Å². The summed E-state index contributed by atoms with van der Waals surface area (Å²) in [6, 6.07) is 9.64. The lowest BCUT2D eigenvalue weighted by atomic mass is 10.1. The number of Topliss-reactive ketones (excluding diaryl/α,β-unsaturated/α-hetero) is 1. The van der Waals surface area contributed by atoms with Gasteiger partial charge in [-0.3, -0.25) is 9.78 Å². The lowest BCUT2D eigenvalue weighted by molar-refractivity contribution is 0.0989. The molecule has 0 saturated heterocycles. The van der Waals surface area contributed by atoms with Gasteiger partial charge in [0.15, 0.2) is 11.6 Å².